The molecule has 1 amide bonds. The molecule has 0 bridgehead atoms. The molecule has 0 radical (unpaired) electrons. The van der Waals surface area contributed by atoms with Crippen molar-refractivity contribution in [3.05, 3.63) is 47.9 Å². The van der Waals surface area contributed by atoms with Gasteiger partial charge < -0.3 is 10.2 Å². The van der Waals surface area contributed by atoms with Crippen LogP contribution in [0.15, 0.2) is 36.7 Å². The minimum Gasteiger partial charge on any atom is -0.362 e. The van der Waals surface area contributed by atoms with Crippen molar-refractivity contribution >= 4 is 17.4 Å². The van der Waals surface area contributed by atoms with E-state index in [9.17, 15) is 4.79 Å². The first kappa shape index (κ1) is 14.5. The molecule has 1 atom stereocenters. The summed E-state index contributed by atoms with van der Waals surface area (Å²) in [6, 6.07) is 8.26. The van der Waals surface area contributed by atoms with E-state index in [0.717, 1.165) is 35.7 Å². The number of anilines is 2. The number of hydrogen-bond donors (Lipinski definition) is 1. The van der Waals surface area contributed by atoms with Gasteiger partial charge in [-0.15, -0.1) is 0 Å². The molecular formula is C17H20N4O. The fraction of sp³-hybridized carbons (Fsp3) is 0.353. The van der Waals surface area contributed by atoms with Gasteiger partial charge in [-0.3, -0.25) is 9.78 Å². The first-order valence-electron chi connectivity index (χ1n) is 7.59. The Bertz CT molecular complexity index is 669. The highest BCUT2D eigenvalue weighted by Crippen LogP contribution is 2.24. The molecule has 1 aromatic heterocycles. The second kappa shape index (κ2) is 6.13. The molecule has 0 saturated carbocycles. The standard InChI is InChI=1S/C17H20N4O/c1-12-10-18-11-16(19-12)20-13(2)14-5-7-15(8-6-14)21-9-3-4-17(21)22/h5-8,10-11,13H,3-4,9H2,1-2H3,(H,19,20). The van der Waals surface area contributed by atoms with Gasteiger partial charge in [-0.2, -0.15) is 0 Å². The Labute approximate surface area is 130 Å². The summed E-state index contributed by atoms with van der Waals surface area (Å²) >= 11 is 0. The Balaban J connectivity index is 1.70. The smallest absolute Gasteiger partial charge is 0.227 e. The number of carbonyl (C=O) groups is 1. The maximum Gasteiger partial charge on any atom is 0.227 e. The summed E-state index contributed by atoms with van der Waals surface area (Å²) in [7, 11) is 0. The van der Waals surface area contributed by atoms with Crippen LogP contribution in [0.4, 0.5) is 11.5 Å². The van der Waals surface area contributed by atoms with Crippen LogP contribution in [0.25, 0.3) is 0 Å². The third-order valence-electron chi connectivity index (χ3n) is 3.90. The molecule has 1 N–H and O–H groups in total. The normalized spacial score (nSPS) is 15.9. The summed E-state index contributed by atoms with van der Waals surface area (Å²) in [5.74, 6) is 0.986. The fourth-order valence-corrected chi connectivity index (χ4v) is 2.70. The lowest BCUT2D eigenvalue weighted by molar-refractivity contribution is -0.117. The van der Waals surface area contributed by atoms with Gasteiger partial charge in [-0.25, -0.2) is 4.98 Å². The molecule has 3 rings (SSSR count). The number of rotatable bonds is 4. The molecule has 2 aromatic rings. The number of amides is 1. The molecular weight excluding hydrogens is 276 g/mol. The quantitative estimate of drug-likeness (QED) is 0.942. The van der Waals surface area contributed by atoms with E-state index >= 15 is 0 Å². The van der Waals surface area contributed by atoms with Gasteiger partial charge in [0.1, 0.15) is 5.82 Å². The number of carbonyl (C=O) groups excluding carboxylic acids is 1. The minimum absolute atomic E-state index is 0.124. The SMILES string of the molecule is Cc1cncc(NC(C)c2ccc(N3CCCC3=O)cc2)n1. The highest BCUT2D eigenvalue weighted by atomic mass is 16.2. The van der Waals surface area contributed by atoms with Crippen LogP contribution in [0.1, 0.15) is 37.1 Å². The molecule has 0 spiro atoms. The van der Waals surface area contributed by atoms with Crippen LogP contribution in [-0.2, 0) is 4.79 Å². The Morgan fingerprint density at radius 3 is 2.64 bits per heavy atom. The molecule has 1 unspecified atom stereocenters. The first-order valence-corrected chi connectivity index (χ1v) is 7.59. The summed E-state index contributed by atoms with van der Waals surface area (Å²) in [4.78, 5) is 22.2. The Morgan fingerprint density at radius 2 is 2.00 bits per heavy atom. The Kier molecular flexibility index (Phi) is 4.04. The van der Waals surface area contributed by atoms with Crippen molar-refractivity contribution in [1.82, 2.24) is 9.97 Å². The number of aromatic nitrogens is 2. The second-order valence-corrected chi connectivity index (χ2v) is 5.65. The summed E-state index contributed by atoms with van der Waals surface area (Å²) < 4.78 is 0. The molecule has 2 heterocycles. The maximum atomic E-state index is 11.8. The Morgan fingerprint density at radius 1 is 1.23 bits per heavy atom. The van der Waals surface area contributed by atoms with Crippen LogP contribution in [0.5, 0.6) is 0 Å². The molecule has 1 aromatic carbocycles. The van der Waals surface area contributed by atoms with Crippen LogP contribution >= 0.6 is 0 Å². The van der Waals surface area contributed by atoms with Crippen molar-refractivity contribution in [3.8, 4) is 0 Å². The summed E-state index contributed by atoms with van der Waals surface area (Å²) in [6.07, 6.45) is 5.06. The van der Waals surface area contributed by atoms with Gasteiger partial charge in [0, 0.05) is 30.9 Å². The average Bonchev–Trinajstić information content (AvgIpc) is 2.93. The van der Waals surface area contributed by atoms with Gasteiger partial charge in [0.15, 0.2) is 0 Å². The number of hydrogen-bond acceptors (Lipinski definition) is 4. The lowest BCUT2D eigenvalue weighted by Gasteiger charge is -2.18. The lowest BCUT2D eigenvalue weighted by Crippen LogP contribution is -2.23. The van der Waals surface area contributed by atoms with Gasteiger partial charge in [0.25, 0.3) is 0 Å². The van der Waals surface area contributed by atoms with Crippen LogP contribution in [-0.4, -0.2) is 22.4 Å². The molecule has 22 heavy (non-hydrogen) atoms. The number of benzene rings is 1. The van der Waals surface area contributed by atoms with E-state index in [-0.39, 0.29) is 11.9 Å². The topological polar surface area (TPSA) is 58.1 Å². The lowest BCUT2D eigenvalue weighted by atomic mass is 10.1. The minimum atomic E-state index is 0.124. The molecule has 1 fully saturated rings. The average molecular weight is 296 g/mol. The van der Waals surface area contributed by atoms with E-state index in [1.54, 1.807) is 12.4 Å². The molecule has 5 nitrogen and oxygen atoms in total. The van der Waals surface area contributed by atoms with Gasteiger partial charge in [-0.1, -0.05) is 12.1 Å². The number of aryl methyl sites for hydroxylation is 1. The van der Waals surface area contributed by atoms with Crippen LogP contribution in [0.3, 0.4) is 0 Å². The van der Waals surface area contributed by atoms with E-state index < -0.39 is 0 Å². The highest BCUT2D eigenvalue weighted by Gasteiger charge is 2.21. The van der Waals surface area contributed by atoms with Crippen molar-refractivity contribution < 1.29 is 4.79 Å². The summed E-state index contributed by atoms with van der Waals surface area (Å²) in [5.41, 5.74) is 3.02. The van der Waals surface area contributed by atoms with Crippen molar-refractivity contribution in [2.45, 2.75) is 32.7 Å². The molecule has 0 aliphatic carbocycles. The van der Waals surface area contributed by atoms with Crippen molar-refractivity contribution in [2.24, 2.45) is 0 Å². The van der Waals surface area contributed by atoms with Crippen molar-refractivity contribution in [3.63, 3.8) is 0 Å². The van der Waals surface area contributed by atoms with Crippen molar-refractivity contribution in [2.75, 3.05) is 16.8 Å². The molecule has 114 valence electrons. The predicted molar refractivity (Wildman–Crippen MR) is 86.8 cm³/mol. The summed E-state index contributed by atoms with van der Waals surface area (Å²) in [5, 5.41) is 3.34. The highest BCUT2D eigenvalue weighted by molar-refractivity contribution is 5.95. The molecule has 1 aliphatic heterocycles. The zero-order chi connectivity index (χ0) is 15.5. The van der Waals surface area contributed by atoms with E-state index in [1.165, 1.54) is 0 Å². The summed E-state index contributed by atoms with van der Waals surface area (Å²) in [6.45, 7) is 4.83. The van der Waals surface area contributed by atoms with Gasteiger partial charge in [-0.05, 0) is 38.0 Å². The molecule has 1 saturated heterocycles. The van der Waals surface area contributed by atoms with Crippen molar-refractivity contribution in [1.29, 1.82) is 0 Å². The number of nitrogens with zero attached hydrogens (tertiary/aromatic N) is 3. The molecule has 1 aliphatic rings. The van der Waals surface area contributed by atoms with Gasteiger partial charge in [0.05, 0.1) is 11.9 Å². The third-order valence-corrected chi connectivity index (χ3v) is 3.90. The Hall–Kier alpha value is -2.43. The van der Waals surface area contributed by atoms with Crippen LogP contribution in [0, 0.1) is 6.92 Å². The van der Waals surface area contributed by atoms with Crippen LogP contribution < -0.4 is 10.2 Å². The zero-order valence-electron chi connectivity index (χ0n) is 12.9. The van der Waals surface area contributed by atoms with E-state index in [1.807, 2.05) is 24.0 Å². The number of nitrogens with one attached hydrogen (secondary N) is 1. The first-order chi connectivity index (χ1) is 10.6. The third kappa shape index (κ3) is 3.08. The van der Waals surface area contributed by atoms with Gasteiger partial charge in [0.2, 0.25) is 5.91 Å². The maximum absolute atomic E-state index is 11.8. The van der Waals surface area contributed by atoms with E-state index in [4.69, 9.17) is 0 Å². The van der Waals surface area contributed by atoms with Gasteiger partial charge >= 0.3 is 0 Å². The van der Waals surface area contributed by atoms with E-state index in [2.05, 4.69) is 34.3 Å². The zero-order valence-corrected chi connectivity index (χ0v) is 12.9. The van der Waals surface area contributed by atoms with Crippen LogP contribution in [0.2, 0.25) is 0 Å². The monoisotopic (exact) mass is 296 g/mol. The van der Waals surface area contributed by atoms with E-state index in [0.29, 0.717) is 6.42 Å². The predicted octanol–water partition coefficient (Wildman–Crippen LogP) is 3.08. The molecule has 5 heteroatoms. The largest absolute Gasteiger partial charge is 0.362 e. The fourth-order valence-electron chi connectivity index (χ4n) is 2.70. The second-order valence-electron chi connectivity index (χ2n) is 5.65.